The van der Waals surface area contributed by atoms with Crippen LogP contribution in [0.4, 0.5) is 0 Å². The Morgan fingerprint density at radius 3 is 2.71 bits per heavy atom. The van der Waals surface area contributed by atoms with Gasteiger partial charge in [-0.15, -0.1) is 0 Å². The molecule has 0 radical (unpaired) electrons. The number of hydrogen-bond acceptors (Lipinski definition) is 5. The molecule has 0 aliphatic heterocycles. The highest BCUT2D eigenvalue weighted by Crippen LogP contribution is 2.29. The van der Waals surface area contributed by atoms with Crippen LogP contribution < -0.4 is 4.74 Å². The first-order valence-corrected chi connectivity index (χ1v) is 8.96. The summed E-state index contributed by atoms with van der Waals surface area (Å²) in [6.07, 6.45) is 1.57. The third-order valence-electron chi connectivity index (χ3n) is 4.09. The number of halogens is 1. The molecule has 3 rings (SSSR count). The molecule has 1 heterocycles. The summed E-state index contributed by atoms with van der Waals surface area (Å²) in [5.74, 6) is 0.0728. The Morgan fingerprint density at radius 2 is 2.04 bits per heavy atom. The molecular formula is C21H19ClN2O4. The number of aromatic nitrogens is 1. The molecule has 0 saturated carbocycles. The van der Waals surface area contributed by atoms with Crippen LogP contribution in [0.15, 0.2) is 52.0 Å². The van der Waals surface area contributed by atoms with Gasteiger partial charge in [0.2, 0.25) is 0 Å². The van der Waals surface area contributed by atoms with Crippen LogP contribution in [0.2, 0.25) is 5.02 Å². The van der Waals surface area contributed by atoms with Gasteiger partial charge < -0.3 is 14.4 Å². The van der Waals surface area contributed by atoms with Gasteiger partial charge in [-0.05, 0) is 24.6 Å². The second-order valence-electron chi connectivity index (χ2n) is 6.25. The number of carbonyl (C=O) groups is 1. The zero-order valence-electron chi connectivity index (χ0n) is 15.5. The Morgan fingerprint density at radius 1 is 1.29 bits per heavy atom. The summed E-state index contributed by atoms with van der Waals surface area (Å²) in [5.41, 5.74) is 3.93. The smallest absolute Gasteiger partial charge is 0.307 e. The highest BCUT2D eigenvalue weighted by Gasteiger charge is 2.17. The first kappa shape index (κ1) is 19.6. The predicted molar refractivity (Wildman–Crippen MR) is 107 cm³/mol. The molecule has 0 aliphatic carbocycles. The van der Waals surface area contributed by atoms with Gasteiger partial charge in [-0.25, -0.2) is 0 Å². The van der Waals surface area contributed by atoms with Crippen LogP contribution in [-0.2, 0) is 17.8 Å². The van der Waals surface area contributed by atoms with Crippen molar-refractivity contribution < 1.29 is 19.2 Å². The van der Waals surface area contributed by atoms with E-state index in [1.807, 2.05) is 31.2 Å². The van der Waals surface area contributed by atoms with Crippen molar-refractivity contribution in [3.8, 4) is 17.1 Å². The second kappa shape index (κ2) is 8.71. The van der Waals surface area contributed by atoms with E-state index in [4.69, 9.17) is 26.0 Å². The van der Waals surface area contributed by atoms with E-state index < -0.39 is 5.97 Å². The number of aliphatic imine (C=N–C) groups is 1. The zero-order chi connectivity index (χ0) is 20.1. The lowest BCUT2D eigenvalue weighted by molar-refractivity contribution is -0.136. The van der Waals surface area contributed by atoms with E-state index in [2.05, 4.69) is 10.1 Å². The molecule has 3 aromatic rings. The van der Waals surface area contributed by atoms with E-state index in [9.17, 15) is 4.79 Å². The number of ether oxygens (including phenoxy) is 1. The lowest BCUT2D eigenvalue weighted by Crippen LogP contribution is -2.03. The van der Waals surface area contributed by atoms with Crippen LogP contribution in [0, 0.1) is 6.92 Å². The minimum Gasteiger partial charge on any atom is -0.486 e. The Balaban J connectivity index is 1.85. The number of benzene rings is 2. The summed E-state index contributed by atoms with van der Waals surface area (Å²) in [6, 6.07) is 12.8. The van der Waals surface area contributed by atoms with Gasteiger partial charge in [0, 0.05) is 18.8 Å². The Labute approximate surface area is 167 Å². The van der Waals surface area contributed by atoms with Crippen LogP contribution in [0.25, 0.3) is 11.3 Å². The monoisotopic (exact) mass is 398 g/mol. The number of hydrogen-bond donors (Lipinski definition) is 1. The zero-order valence-corrected chi connectivity index (χ0v) is 16.2. The van der Waals surface area contributed by atoms with Gasteiger partial charge >= 0.3 is 5.97 Å². The Hall–Kier alpha value is -3.12. The molecule has 2 aromatic carbocycles. The second-order valence-corrected chi connectivity index (χ2v) is 6.66. The number of rotatable bonds is 7. The molecule has 1 aromatic heterocycles. The molecule has 0 spiro atoms. The predicted octanol–water partition coefficient (Wildman–Crippen LogP) is 4.56. The van der Waals surface area contributed by atoms with Crippen molar-refractivity contribution >= 4 is 23.8 Å². The summed E-state index contributed by atoms with van der Waals surface area (Å²) in [4.78, 5) is 15.0. The number of aryl methyl sites for hydroxylation is 1. The highest BCUT2D eigenvalue weighted by molar-refractivity contribution is 6.32. The van der Waals surface area contributed by atoms with Crippen LogP contribution in [-0.4, -0.2) is 29.5 Å². The number of aliphatic carboxylic acids is 1. The maximum Gasteiger partial charge on any atom is 0.307 e. The first-order valence-electron chi connectivity index (χ1n) is 8.58. The molecule has 0 unspecified atom stereocenters. The number of nitrogens with zero attached hydrogens (tertiary/aromatic N) is 2. The molecule has 0 atom stereocenters. The summed E-state index contributed by atoms with van der Waals surface area (Å²) < 4.78 is 11.3. The van der Waals surface area contributed by atoms with Gasteiger partial charge in [-0.3, -0.25) is 9.79 Å². The fourth-order valence-corrected chi connectivity index (χ4v) is 2.87. The van der Waals surface area contributed by atoms with Crippen molar-refractivity contribution in [2.24, 2.45) is 4.99 Å². The van der Waals surface area contributed by atoms with Crippen molar-refractivity contribution in [3.05, 3.63) is 69.9 Å². The molecule has 0 bridgehead atoms. The van der Waals surface area contributed by atoms with Crippen LogP contribution >= 0.6 is 11.6 Å². The van der Waals surface area contributed by atoms with E-state index in [1.165, 1.54) is 0 Å². The topological polar surface area (TPSA) is 84.9 Å². The fourth-order valence-electron chi connectivity index (χ4n) is 2.70. The summed E-state index contributed by atoms with van der Waals surface area (Å²) in [6.45, 7) is 2.12. The van der Waals surface area contributed by atoms with Gasteiger partial charge in [0.1, 0.15) is 18.1 Å². The van der Waals surface area contributed by atoms with Gasteiger partial charge in [0.15, 0.2) is 5.76 Å². The third-order valence-corrected chi connectivity index (χ3v) is 4.40. The maximum atomic E-state index is 10.9. The van der Waals surface area contributed by atoms with Gasteiger partial charge in [-0.1, -0.05) is 52.7 Å². The minimum atomic E-state index is -0.922. The van der Waals surface area contributed by atoms with Gasteiger partial charge in [-0.2, -0.15) is 0 Å². The third kappa shape index (κ3) is 4.58. The molecule has 6 nitrogen and oxygen atoms in total. The Bertz CT molecular complexity index is 1010. The molecule has 0 saturated heterocycles. The molecule has 144 valence electrons. The van der Waals surface area contributed by atoms with Crippen molar-refractivity contribution in [1.82, 2.24) is 5.16 Å². The molecule has 0 amide bonds. The SMILES string of the molecule is C/N=C/c1c(COc2cc(CC(=O)O)ccc2Cl)noc1-c1ccc(C)cc1. The fraction of sp³-hybridized carbons (Fsp3) is 0.190. The van der Waals surface area contributed by atoms with E-state index in [1.54, 1.807) is 31.5 Å². The van der Waals surface area contributed by atoms with E-state index >= 15 is 0 Å². The maximum absolute atomic E-state index is 10.9. The minimum absolute atomic E-state index is 0.104. The van der Waals surface area contributed by atoms with Crippen molar-refractivity contribution in [2.75, 3.05) is 7.05 Å². The number of carboxylic acid groups (broad SMARTS) is 1. The lowest BCUT2D eigenvalue weighted by Gasteiger charge is -2.08. The van der Waals surface area contributed by atoms with E-state index in [0.29, 0.717) is 27.8 Å². The van der Waals surface area contributed by atoms with Crippen molar-refractivity contribution in [3.63, 3.8) is 0 Å². The molecule has 0 aliphatic rings. The van der Waals surface area contributed by atoms with Crippen LogP contribution in [0.1, 0.15) is 22.4 Å². The summed E-state index contributed by atoms with van der Waals surface area (Å²) in [7, 11) is 1.67. The average Bonchev–Trinajstić information content (AvgIpc) is 3.05. The van der Waals surface area contributed by atoms with E-state index in [-0.39, 0.29) is 13.0 Å². The molecule has 28 heavy (non-hydrogen) atoms. The summed E-state index contributed by atoms with van der Waals surface area (Å²) >= 11 is 6.17. The van der Waals surface area contributed by atoms with Crippen molar-refractivity contribution in [1.29, 1.82) is 0 Å². The van der Waals surface area contributed by atoms with Crippen LogP contribution in [0.3, 0.4) is 0 Å². The van der Waals surface area contributed by atoms with Crippen molar-refractivity contribution in [2.45, 2.75) is 20.0 Å². The van der Waals surface area contributed by atoms with E-state index in [0.717, 1.165) is 16.7 Å². The largest absolute Gasteiger partial charge is 0.486 e. The quantitative estimate of drug-likeness (QED) is 0.590. The van der Waals surface area contributed by atoms with Gasteiger partial charge in [0.25, 0.3) is 0 Å². The normalized spacial score (nSPS) is 11.1. The number of carboxylic acids is 1. The molecule has 0 fully saturated rings. The Kier molecular flexibility index (Phi) is 6.11. The lowest BCUT2D eigenvalue weighted by atomic mass is 10.1. The summed E-state index contributed by atoms with van der Waals surface area (Å²) in [5, 5.41) is 13.5. The standard InChI is InChI=1S/C21H19ClN2O4/c1-13-3-6-15(7-4-13)21-16(11-23-2)18(24-28-21)12-27-19-9-14(10-20(25)26)5-8-17(19)22/h3-9,11H,10,12H2,1-2H3,(H,25,26)/b23-11+. The van der Waals surface area contributed by atoms with Gasteiger partial charge in [0.05, 0.1) is 17.0 Å². The molecule has 1 N–H and O–H groups in total. The first-order chi connectivity index (χ1) is 13.5. The average molecular weight is 399 g/mol. The highest BCUT2D eigenvalue weighted by atomic mass is 35.5. The molecule has 7 heteroatoms. The molecular weight excluding hydrogens is 380 g/mol. The van der Waals surface area contributed by atoms with Crippen LogP contribution in [0.5, 0.6) is 5.75 Å².